The third kappa shape index (κ3) is 21.7. The number of hydrogen-bond acceptors (Lipinski definition) is 14. The number of halogens is 7. The zero-order valence-corrected chi connectivity index (χ0v) is 79.5. The number of aromatic nitrogens is 18. The molecule has 0 bridgehead atoms. The Morgan fingerprint density at radius 3 is 0.861 bits per heavy atom. The number of nitrogens with two attached hydrogens (primary N) is 2. The van der Waals surface area contributed by atoms with Crippen molar-refractivity contribution in [1.82, 2.24) is 87.9 Å². The van der Waals surface area contributed by atoms with Crippen LogP contribution in [-0.2, 0) is 22.7 Å². The van der Waals surface area contributed by atoms with Crippen LogP contribution in [0.2, 0.25) is 15.1 Å². The van der Waals surface area contributed by atoms with Crippen LogP contribution in [0.25, 0.3) is 178 Å². The zero-order valence-electron chi connectivity index (χ0n) is 77.2. The Balaban J connectivity index is 0.000000110. The van der Waals surface area contributed by atoms with Crippen LogP contribution in [0.5, 0.6) is 0 Å². The number of aryl methyl sites for hydroxylation is 3. The van der Waals surface area contributed by atoms with Crippen LogP contribution in [0.15, 0.2) is 402 Å². The summed E-state index contributed by atoms with van der Waals surface area (Å²) in [4.78, 5) is 49.3. The van der Waals surface area contributed by atoms with E-state index in [1.165, 1.54) is 39.2 Å². The number of pyridine rings is 10. The van der Waals surface area contributed by atoms with E-state index in [4.69, 9.17) is 46.3 Å². The lowest BCUT2D eigenvalue weighted by Gasteiger charge is -2.10. The second-order valence-corrected chi connectivity index (χ2v) is 34.8. The van der Waals surface area contributed by atoms with E-state index in [0.29, 0.717) is 21.8 Å². The van der Waals surface area contributed by atoms with Crippen molar-refractivity contribution in [1.29, 1.82) is 0 Å². The molecule has 0 radical (unpaired) electrons. The minimum atomic E-state index is -0.473. The largest absolute Gasteiger partial charge is 0.368 e. The Morgan fingerprint density at radius 1 is 0.278 bits per heavy atom. The summed E-state index contributed by atoms with van der Waals surface area (Å²) in [7, 11) is 0. The van der Waals surface area contributed by atoms with Gasteiger partial charge >= 0.3 is 0 Å². The van der Waals surface area contributed by atoms with Crippen LogP contribution in [0.1, 0.15) is 16.7 Å². The van der Waals surface area contributed by atoms with Crippen LogP contribution in [0, 0.1) is 44.0 Å². The molecule has 2 amide bonds. The molecule has 704 valence electrons. The molecule has 29 heteroatoms. The van der Waals surface area contributed by atoms with Crippen molar-refractivity contribution in [3.63, 3.8) is 0 Å². The van der Waals surface area contributed by atoms with Gasteiger partial charge in [-0.3, -0.25) is 48.9 Å². The summed E-state index contributed by atoms with van der Waals surface area (Å²) in [6.07, 6.45) is 29.0. The molecule has 8 aromatic carbocycles. The first-order valence-electron chi connectivity index (χ1n) is 45.3. The summed E-state index contributed by atoms with van der Waals surface area (Å²) in [5.74, 6) is -2.24. The summed E-state index contributed by atoms with van der Waals surface area (Å²) in [6.45, 7) is 5.66. The molecule has 16 aromatic heterocycles. The van der Waals surface area contributed by atoms with Crippen molar-refractivity contribution < 1.29 is 27.2 Å². The van der Waals surface area contributed by atoms with Gasteiger partial charge in [-0.1, -0.05) is 131 Å². The number of carbonyl (C=O) groups is 2. The highest BCUT2D eigenvalue weighted by Crippen LogP contribution is 2.41. The number of nitrogens with zero attached hydrogens (tertiary/aromatic N) is 18. The Bertz CT molecular complexity index is 8390. The Kier molecular flexibility index (Phi) is 28.1. The quantitative estimate of drug-likeness (QED) is 0.0852. The van der Waals surface area contributed by atoms with Gasteiger partial charge in [-0.2, -0.15) is 30.6 Å². The van der Waals surface area contributed by atoms with Gasteiger partial charge in [0.15, 0.2) is 0 Å². The van der Waals surface area contributed by atoms with Crippen molar-refractivity contribution >= 4 is 90.5 Å². The summed E-state index contributed by atoms with van der Waals surface area (Å²) in [5, 5.41) is 28.4. The average molecular weight is 1960 g/mol. The van der Waals surface area contributed by atoms with E-state index in [2.05, 4.69) is 128 Å². The fourth-order valence-corrected chi connectivity index (χ4v) is 17.4. The first-order valence-corrected chi connectivity index (χ1v) is 46.5. The van der Waals surface area contributed by atoms with E-state index in [-0.39, 0.29) is 34.8 Å². The van der Waals surface area contributed by atoms with Gasteiger partial charge < -0.3 is 11.5 Å². The molecule has 0 fully saturated rings. The molecule has 22 nitrogen and oxygen atoms in total. The van der Waals surface area contributed by atoms with Gasteiger partial charge in [-0.05, 0) is 278 Å². The summed E-state index contributed by atoms with van der Waals surface area (Å²) in [6, 6.07) is 95.0. The zero-order chi connectivity index (χ0) is 99.4. The van der Waals surface area contributed by atoms with Crippen molar-refractivity contribution in [3.05, 3.63) is 457 Å². The lowest BCUT2D eigenvalue weighted by atomic mass is 9.98. The first-order chi connectivity index (χ1) is 70.1. The maximum absolute atomic E-state index is 13.6. The molecule has 0 atom stereocenters. The van der Waals surface area contributed by atoms with Crippen LogP contribution in [-0.4, -0.2) is 99.7 Å². The van der Waals surface area contributed by atoms with Crippen LogP contribution in [0.4, 0.5) is 17.6 Å². The molecule has 0 unspecified atom stereocenters. The fourth-order valence-electron chi connectivity index (χ4n) is 16.8. The van der Waals surface area contributed by atoms with Gasteiger partial charge in [-0.25, -0.2) is 35.6 Å². The highest BCUT2D eigenvalue weighted by Gasteiger charge is 2.21. The van der Waals surface area contributed by atoms with E-state index in [1.54, 1.807) is 123 Å². The average Bonchev–Trinajstić information content (AvgIpc) is 1.53. The van der Waals surface area contributed by atoms with Crippen LogP contribution < -0.4 is 11.5 Å². The van der Waals surface area contributed by atoms with E-state index in [9.17, 15) is 27.2 Å². The van der Waals surface area contributed by atoms with Crippen molar-refractivity contribution in [2.75, 3.05) is 0 Å². The smallest absolute Gasteiger partial charge is 0.239 e. The molecule has 0 saturated heterocycles. The maximum Gasteiger partial charge on any atom is 0.239 e. The second-order valence-electron chi connectivity index (χ2n) is 33.6. The second kappa shape index (κ2) is 42.7. The normalized spacial score (nSPS) is 11.0. The lowest BCUT2D eigenvalue weighted by Crippen LogP contribution is -2.18. The minimum absolute atomic E-state index is 0.0240. The molecular formula is C115H83Cl3F4N20O2. The number of benzene rings is 8. The maximum atomic E-state index is 13.6. The Hall–Kier alpha value is -18.1. The molecule has 144 heavy (non-hydrogen) atoms. The predicted octanol–water partition coefficient (Wildman–Crippen LogP) is 26.2. The molecule has 4 N–H and O–H groups in total. The molecule has 0 aliphatic heterocycles. The van der Waals surface area contributed by atoms with E-state index in [0.717, 1.165) is 172 Å². The van der Waals surface area contributed by atoms with Crippen LogP contribution in [0.3, 0.4) is 0 Å². The molecule has 0 spiro atoms. The van der Waals surface area contributed by atoms with Crippen molar-refractivity contribution in [2.45, 2.75) is 33.9 Å². The van der Waals surface area contributed by atoms with E-state index >= 15 is 0 Å². The molecule has 24 aromatic rings. The molecule has 0 aliphatic rings. The molecule has 0 aliphatic carbocycles. The third-order valence-electron chi connectivity index (χ3n) is 23.7. The van der Waals surface area contributed by atoms with Crippen LogP contribution >= 0.6 is 34.8 Å². The van der Waals surface area contributed by atoms with Gasteiger partial charge in [0, 0.05) is 182 Å². The van der Waals surface area contributed by atoms with Gasteiger partial charge in [-0.15, -0.1) is 0 Å². The molecule has 24 rings (SSSR count). The minimum Gasteiger partial charge on any atom is -0.368 e. The number of carbonyl (C=O) groups excluding carboxylic acids is 2. The number of primary amides is 2. The number of fused-ring (bicyclic) bond motifs is 6. The molecule has 0 saturated carbocycles. The van der Waals surface area contributed by atoms with Gasteiger partial charge in [0.05, 0.1) is 77.3 Å². The molecular weight excluding hydrogens is 1880 g/mol. The highest BCUT2D eigenvalue weighted by molar-refractivity contribution is 6.31. The Morgan fingerprint density at radius 2 is 0.562 bits per heavy atom. The predicted molar refractivity (Wildman–Crippen MR) is 560 cm³/mol. The lowest BCUT2D eigenvalue weighted by molar-refractivity contribution is -0.119. The highest BCUT2D eigenvalue weighted by atomic mass is 35.5. The van der Waals surface area contributed by atoms with Crippen molar-refractivity contribution in [2.24, 2.45) is 11.5 Å². The third-order valence-corrected chi connectivity index (χ3v) is 24.5. The van der Waals surface area contributed by atoms with Crippen molar-refractivity contribution in [3.8, 4) is 134 Å². The van der Waals surface area contributed by atoms with Gasteiger partial charge in [0.2, 0.25) is 11.8 Å². The standard InChI is InChI=1S/C21H17FN4O.C20H14ClFN4O.C19H14FN3.C19H15N3.C18H11ClFN3.C18H12ClN3/c1-13-9-15(6-7-18(13)22)21-17(3-2-8-24-21)14-4-5-16-11-26(12-20(23)27)25-19(16)10-14;21-16-8-13(5-6-17(16)22)20-15(2-1-7-24-20)12-3-4-14-10-26(11-19(23)27)25-18(14)9-12;1-13-11-15(4-5-18(13)20)19-17(3-2-8-21-19)14-7-10-23-16(12-14)6-9-22-23;1-14-4-2-5-16(12-14)19-18(6-3-9-20-19)15-8-11-22-17(13-15)7-10-21-22;19-16-11-13(3-4-17(16)20)18-15(2-1-7-21-18)12-6-9-23-14(10-12)5-8-22-23;19-15-4-1-3-14(11-15)18-17(5-2-8-20-18)13-7-10-22-16(12-13)6-9-21-22/h2-11H,12H2,1H3,(H2,23,27);1-10H,11H2,(H2,23,27);2-12H,1H3;2-13H,1H3;1-11H;1-12H. The summed E-state index contributed by atoms with van der Waals surface area (Å²) in [5.41, 5.74) is 41.1. The molecule has 16 heterocycles. The SMILES string of the molecule is Cc1cc(-c2ncccc2-c2ccc3cn(CC(N)=O)nc3c2)ccc1F.Cc1cc(-c2ncccc2-c2ccn3nccc3c2)ccc1F.Cc1cccc(-c2ncccc2-c2ccn3nccc3c2)c1.Clc1cccc(-c2ncccc2-c2ccn3nccc3c2)c1.Fc1ccc(-c2ncccc2-c2ccn3nccc3c2)cc1Cl.NC(=O)Cn1cc2ccc(-c3cccnc3-c3ccc(F)c(Cl)c3)cc2n1. The summed E-state index contributed by atoms with van der Waals surface area (Å²) < 4.78 is 64.5. The topological polar surface area (TPSA) is 268 Å². The number of amides is 2. The van der Waals surface area contributed by atoms with E-state index in [1.807, 2.05) is 227 Å². The van der Waals surface area contributed by atoms with E-state index < -0.39 is 23.4 Å². The van der Waals surface area contributed by atoms with Gasteiger partial charge in [0.1, 0.15) is 36.4 Å². The Labute approximate surface area is 837 Å². The van der Waals surface area contributed by atoms with Gasteiger partial charge in [0.25, 0.3) is 0 Å². The number of hydrogen-bond donors (Lipinski definition) is 2. The first kappa shape index (κ1) is 94.8. The summed E-state index contributed by atoms with van der Waals surface area (Å²) >= 11 is 18.0. The monoisotopic (exact) mass is 1960 g/mol. The number of rotatable bonds is 16. The fraction of sp³-hybridized carbons (Fsp3) is 0.0435.